The minimum absolute atomic E-state index is 0.0676. The summed E-state index contributed by atoms with van der Waals surface area (Å²) in [5, 5.41) is 9.40. The molecule has 1 fully saturated rings. The van der Waals surface area contributed by atoms with Gasteiger partial charge in [-0.25, -0.2) is 4.79 Å². The molecule has 132 valence electrons. The molecule has 1 saturated heterocycles. The summed E-state index contributed by atoms with van der Waals surface area (Å²) in [6.45, 7) is 10.4. The van der Waals surface area contributed by atoms with E-state index < -0.39 is 12.0 Å². The second kappa shape index (κ2) is 7.18. The molecule has 1 aromatic carbocycles. The summed E-state index contributed by atoms with van der Waals surface area (Å²) < 4.78 is 0. The predicted molar refractivity (Wildman–Crippen MR) is 98.1 cm³/mol. The number of thioether (sulfide) groups is 1. The predicted octanol–water partition coefficient (Wildman–Crippen LogP) is 4.06. The summed E-state index contributed by atoms with van der Waals surface area (Å²) in [4.78, 5) is 25.6. The van der Waals surface area contributed by atoms with Gasteiger partial charge in [0, 0.05) is 0 Å². The van der Waals surface area contributed by atoms with E-state index in [1.54, 1.807) is 4.90 Å². The van der Waals surface area contributed by atoms with Gasteiger partial charge in [-0.05, 0) is 28.9 Å². The van der Waals surface area contributed by atoms with E-state index in [1.807, 2.05) is 26.0 Å². The molecule has 24 heavy (non-hydrogen) atoms. The molecule has 1 aliphatic rings. The standard InChI is InChI=1S/C19H27NO3S/c1-12(2)10-15(18(22)23)20-16(21)11-24-17(20)13-6-8-14(9-7-13)19(3,4)5/h6-9,12,15,17H,10-11H2,1-5H3,(H,22,23)/t15-,17+/m1/s1. The zero-order valence-electron chi connectivity index (χ0n) is 15.1. The minimum atomic E-state index is -0.920. The van der Waals surface area contributed by atoms with Gasteiger partial charge in [0.15, 0.2) is 0 Å². The fraction of sp³-hybridized carbons (Fsp3) is 0.579. The first kappa shape index (κ1) is 18.8. The summed E-state index contributed by atoms with van der Waals surface area (Å²) >= 11 is 1.51. The maximum absolute atomic E-state index is 12.4. The van der Waals surface area contributed by atoms with Gasteiger partial charge in [-0.1, -0.05) is 58.9 Å². The Morgan fingerprint density at radius 1 is 1.29 bits per heavy atom. The number of hydrogen-bond acceptors (Lipinski definition) is 3. The van der Waals surface area contributed by atoms with Crippen LogP contribution < -0.4 is 0 Å². The van der Waals surface area contributed by atoms with Crippen LogP contribution in [0, 0.1) is 5.92 Å². The molecule has 0 aromatic heterocycles. The first-order valence-electron chi connectivity index (χ1n) is 8.37. The number of rotatable bonds is 5. The molecule has 1 amide bonds. The highest BCUT2D eigenvalue weighted by Crippen LogP contribution is 2.41. The number of aliphatic carboxylic acids is 1. The van der Waals surface area contributed by atoms with Crippen LogP contribution in [0.4, 0.5) is 0 Å². The van der Waals surface area contributed by atoms with Crippen molar-refractivity contribution >= 4 is 23.6 Å². The molecule has 1 aromatic rings. The highest BCUT2D eigenvalue weighted by molar-refractivity contribution is 8.00. The first-order chi connectivity index (χ1) is 11.1. The molecule has 0 aliphatic carbocycles. The van der Waals surface area contributed by atoms with Crippen LogP contribution in [-0.2, 0) is 15.0 Å². The number of carbonyl (C=O) groups excluding carboxylic acids is 1. The summed E-state index contributed by atoms with van der Waals surface area (Å²) in [5.41, 5.74) is 2.29. The molecule has 1 aliphatic heterocycles. The van der Waals surface area contributed by atoms with Gasteiger partial charge in [0.25, 0.3) is 0 Å². The maximum atomic E-state index is 12.4. The average Bonchev–Trinajstić information content (AvgIpc) is 2.85. The molecular formula is C19H27NO3S. The zero-order chi connectivity index (χ0) is 18.1. The van der Waals surface area contributed by atoms with Crippen LogP contribution in [-0.4, -0.2) is 33.7 Å². The third-order valence-electron chi connectivity index (χ3n) is 4.28. The van der Waals surface area contributed by atoms with Gasteiger partial charge in [-0.2, -0.15) is 0 Å². The topological polar surface area (TPSA) is 57.6 Å². The number of benzene rings is 1. The molecule has 1 heterocycles. The molecule has 5 heteroatoms. The molecule has 0 unspecified atom stereocenters. The van der Waals surface area contributed by atoms with Crippen LogP contribution in [0.5, 0.6) is 0 Å². The van der Waals surface area contributed by atoms with Crippen molar-refractivity contribution in [1.29, 1.82) is 0 Å². The lowest BCUT2D eigenvalue weighted by Gasteiger charge is -2.31. The number of carboxylic acid groups (broad SMARTS) is 1. The maximum Gasteiger partial charge on any atom is 0.326 e. The van der Waals surface area contributed by atoms with Crippen molar-refractivity contribution in [1.82, 2.24) is 4.90 Å². The molecule has 4 nitrogen and oxygen atoms in total. The van der Waals surface area contributed by atoms with Gasteiger partial charge in [-0.3, -0.25) is 4.79 Å². The van der Waals surface area contributed by atoms with E-state index in [9.17, 15) is 14.7 Å². The zero-order valence-corrected chi connectivity index (χ0v) is 15.9. The molecule has 0 spiro atoms. The van der Waals surface area contributed by atoms with E-state index in [-0.39, 0.29) is 22.6 Å². The van der Waals surface area contributed by atoms with Crippen LogP contribution in [0.2, 0.25) is 0 Å². The smallest absolute Gasteiger partial charge is 0.326 e. The summed E-state index contributed by atoms with van der Waals surface area (Å²) in [6, 6.07) is 7.44. The van der Waals surface area contributed by atoms with Crippen LogP contribution in [0.15, 0.2) is 24.3 Å². The van der Waals surface area contributed by atoms with Crippen LogP contribution >= 0.6 is 11.8 Å². The van der Waals surface area contributed by atoms with Crippen molar-refractivity contribution in [3.63, 3.8) is 0 Å². The Morgan fingerprint density at radius 3 is 2.33 bits per heavy atom. The highest BCUT2D eigenvalue weighted by Gasteiger charge is 2.41. The Labute approximate surface area is 148 Å². The fourth-order valence-corrected chi connectivity index (χ4v) is 4.18. The largest absolute Gasteiger partial charge is 0.480 e. The van der Waals surface area contributed by atoms with E-state index >= 15 is 0 Å². The van der Waals surface area contributed by atoms with Crippen molar-refractivity contribution in [2.45, 2.75) is 57.9 Å². The quantitative estimate of drug-likeness (QED) is 0.871. The van der Waals surface area contributed by atoms with Crippen molar-refractivity contribution in [2.24, 2.45) is 5.92 Å². The molecule has 0 bridgehead atoms. The fourth-order valence-electron chi connectivity index (χ4n) is 2.96. The van der Waals surface area contributed by atoms with Crippen molar-refractivity contribution in [2.75, 3.05) is 5.75 Å². The van der Waals surface area contributed by atoms with Gasteiger partial charge in [0.2, 0.25) is 5.91 Å². The lowest BCUT2D eigenvalue weighted by molar-refractivity contribution is -0.150. The molecule has 0 radical (unpaired) electrons. The number of amides is 1. The lowest BCUT2D eigenvalue weighted by Crippen LogP contribution is -2.44. The molecule has 1 N–H and O–H groups in total. The van der Waals surface area contributed by atoms with Crippen molar-refractivity contribution < 1.29 is 14.7 Å². The number of hydrogen-bond donors (Lipinski definition) is 1. The third-order valence-corrected chi connectivity index (χ3v) is 5.51. The average molecular weight is 349 g/mol. The summed E-state index contributed by atoms with van der Waals surface area (Å²) in [7, 11) is 0. The Bertz CT molecular complexity index is 604. The van der Waals surface area contributed by atoms with Crippen LogP contribution in [0.3, 0.4) is 0 Å². The van der Waals surface area contributed by atoms with Gasteiger partial charge in [-0.15, -0.1) is 11.8 Å². The van der Waals surface area contributed by atoms with Crippen LogP contribution in [0.1, 0.15) is 57.5 Å². The normalized spacial score (nSPS) is 19.8. The monoisotopic (exact) mass is 349 g/mol. The highest BCUT2D eigenvalue weighted by atomic mass is 32.2. The molecule has 2 atom stereocenters. The second-order valence-electron chi connectivity index (χ2n) is 7.82. The van der Waals surface area contributed by atoms with Crippen LogP contribution in [0.25, 0.3) is 0 Å². The Balaban J connectivity index is 2.31. The van der Waals surface area contributed by atoms with E-state index in [1.165, 1.54) is 17.3 Å². The first-order valence-corrected chi connectivity index (χ1v) is 9.42. The Hall–Kier alpha value is -1.49. The SMILES string of the molecule is CC(C)C[C@H](C(=O)O)N1C(=O)CS[C@H]1c1ccc(C(C)(C)C)cc1. The minimum Gasteiger partial charge on any atom is -0.480 e. The molecular weight excluding hydrogens is 322 g/mol. The van der Waals surface area contributed by atoms with E-state index in [0.717, 1.165) is 5.56 Å². The van der Waals surface area contributed by atoms with Gasteiger partial charge in [0.05, 0.1) is 5.75 Å². The summed E-state index contributed by atoms with van der Waals surface area (Å²) in [5.74, 6) is -0.449. The van der Waals surface area contributed by atoms with E-state index in [2.05, 4.69) is 32.9 Å². The third kappa shape index (κ3) is 4.12. The van der Waals surface area contributed by atoms with E-state index in [4.69, 9.17) is 0 Å². The van der Waals surface area contributed by atoms with Crippen molar-refractivity contribution in [3.05, 3.63) is 35.4 Å². The summed E-state index contributed by atoms with van der Waals surface area (Å²) in [6.07, 6.45) is 0.470. The van der Waals surface area contributed by atoms with E-state index in [0.29, 0.717) is 12.2 Å². The Morgan fingerprint density at radius 2 is 1.88 bits per heavy atom. The number of nitrogens with zero attached hydrogens (tertiary/aromatic N) is 1. The van der Waals surface area contributed by atoms with Crippen molar-refractivity contribution in [3.8, 4) is 0 Å². The van der Waals surface area contributed by atoms with Gasteiger partial charge >= 0.3 is 5.97 Å². The Kier molecular flexibility index (Phi) is 5.63. The molecule has 0 saturated carbocycles. The second-order valence-corrected chi connectivity index (χ2v) is 8.89. The molecule has 2 rings (SSSR count). The number of carbonyl (C=O) groups is 2. The van der Waals surface area contributed by atoms with Gasteiger partial charge < -0.3 is 10.0 Å². The lowest BCUT2D eigenvalue weighted by atomic mass is 9.86. The number of carboxylic acids is 1. The van der Waals surface area contributed by atoms with Gasteiger partial charge in [0.1, 0.15) is 11.4 Å².